The van der Waals surface area contributed by atoms with Crippen molar-refractivity contribution in [3.05, 3.63) is 0 Å². The molecular formula is C7H13IO3S. The van der Waals surface area contributed by atoms with E-state index in [1.807, 2.05) is 0 Å². The van der Waals surface area contributed by atoms with Crippen LogP contribution in [-0.4, -0.2) is 42.2 Å². The van der Waals surface area contributed by atoms with Crippen molar-refractivity contribution in [2.45, 2.75) is 0 Å². The number of thioether (sulfide) groups is 1. The number of hydrogen-bond donors (Lipinski definition) is 0. The van der Waals surface area contributed by atoms with Crippen molar-refractivity contribution >= 4 is 39.5 Å². The number of hydrogen-bond acceptors (Lipinski definition) is 4. The van der Waals surface area contributed by atoms with E-state index in [1.165, 1.54) is 11.8 Å². The van der Waals surface area contributed by atoms with E-state index in [4.69, 9.17) is 9.47 Å². The lowest BCUT2D eigenvalue weighted by Crippen LogP contribution is -2.09. The lowest BCUT2D eigenvalue weighted by atomic mass is 10.7. The van der Waals surface area contributed by atoms with E-state index < -0.39 is 0 Å². The Morgan fingerprint density at radius 2 is 2.25 bits per heavy atom. The highest BCUT2D eigenvalue weighted by Gasteiger charge is 2.00. The van der Waals surface area contributed by atoms with E-state index in [0.717, 1.165) is 10.2 Å². The van der Waals surface area contributed by atoms with Gasteiger partial charge in [0.05, 0.1) is 13.2 Å². The molecule has 0 aromatic heterocycles. The number of rotatable bonds is 7. The third-order valence-corrected chi connectivity index (χ3v) is 3.11. The van der Waals surface area contributed by atoms with Crippen LogP contribution in [0.1, 0.15) is 0 Å². The molecule has 12 heavy (non-hydrogen) atoms. The Morgan fingerprint density at radius 3 is 2.83 bits per heavy atom. The summed E-state index contributed by atoms with van der Waals surface area (Å²) < 4.78 is 10.8. The van der Waals surface area contributed by atoms with E-state index in [0.29, 0.717) is 13.2 Å². The zero-order valence-corrected chi connectivity index (χ0v) is 10.0. The summed E-state index contributed by atoms with van der Waals surface area (Å²) in [5, 5.41) is 0.0998. The maximum atomic E-state index is 11.0. The van der Waals surface area contributed by atoms with Gasteiger partial charge in [-0.1, -0.05) is 34.4 Å². The Balaban J connectivity index is 3.08. The first-order valence-corrected chi connectivity index (χ1v) is 6.10. The van der Waals surface area contributed by atoms with Crippen LogP contribution < -0.4 is 0 Å². The lowest BCUT2D eigenvalue weighted by molar-refractivity contribution is -0.115. The van der Waals surface area contributed by atoms with Crippen molar-refractivity contribution in [3.8, 4) is 0 Å². The molecule has 0 saturated heterocycles. The summed E-state index contributed by atoms with van der Waals surface area (Å²) in [6.45, 7) is 1.24. The van der Waals surface area contributed by atoms with Gasteiger partial charge in [0.15, 0.2) is 0 Å². The van der Waals surface area contributed by atoms with Gasteiger partial charge in [-0.15, -0.1) is 0 Å². The minimum atomic E-state index is 0.0998. The van der Waals surface area contributed by atoms with Crippen molar-refractivity contribution in [3.63, 3.8) is 0 Å². The summed E-state index contributed by atoms with van der Waals surface area (Å²) in [7, 11) is 1.61. The summed E-state index contributed by atoms with van der Waals surface area (Å²) in [5.41, 5.74) is 0. The van der Waals surface area contributed by atoms with E-state index in [-0.39, 0.29) is 11.7 Å². The molecule has 0 bridgehead atoms. The molecule has 0 N–H and O–H groups in total. The van der Waals surface area contributed by atoms with E-state index in [1.54, 1.807) is 7.11 Å². The molecule has 0 fully saturated rings. The maximum Gasteiger partial charge on any atom is 0.214 e. The van der Waals surface area contributed by atoms with Gasteiger partial charge < -0.3 is 9.47 Å². The van der Waals surface area contributed by atoms with E-state index in [2.05, 4.69) is 22.6 Å². The minimum absolute atomic E-state index is 0.0998. The van der Waals surface area contributed by atoms with Gasteiger partial charge >= 0.3 is 0 Å². The van der Waals surface area contributed by atoms with Crippen LogP contribution in [0.4, 0.5) is 0 Å². The molecule has 0 radical (unpaired) electrons. The Kier molecular flexibility index (Phi) is 10.3. The molecule has 0 aliphatic rings. The number of ether oxygens (including phenoxy) is 2. The van der Waals surface area contributed by atoms with Crippen LogP contribution in [0.3, 0.4) is 0 Å². The number of carbonyl (C=O) groups excluding carboxylic acids is 1. The smallest absolute Gasteiger partial charge is 0.214 e. The van der Waals surface area contributed by atoms with Crippen LogP contribution in [0, 0.1) is 0 Å². The van der Waals surface area contributed by atoms with Crippen LogP contribution >= 0.6 is 34.4 Å². The van der Waals surface area contributed by atoms with Crippen molar-refractivity contribution in [1.82, 2.24) is 0 Å². The molecule has 0 unspecified atom stereocenters. The van der Waals surface area contributed by atoms with Crippen molar-refractivity contribution in [2.24, 2.45) is 0 Å². The molecule has 0 rings (SSSR count). The molecule has 0 aromatic rings. The Morgan fingerprint density at radius 1 is 1.50 bits per heavy atom. The highest BCUT2D eigenvalue weighted by molar-refractivity contribution is 14.1. The minimum Gasteiger partial charge on any atom is -0.382 e. The van der Waals surface area contributed by atoms with Gasteiger partial charge in [0.1, 0.15) is 6.61 Å². The highest BCUT2D eigenvalue weighted by atomic mass is 127. The molecule has 0 saturated carbocycles. The largest absolute Gasteiger partial charge is 0.382 e. The summed E-state index contributed by atoms with van der Waals surface area (Å²) >= 11 is 3.56. The second-order valence-corrected chi connectivity index (χ2v) is 4.19. The molecule has 0 aromatic carbocycles. The summed E-state index contributed by atoms with van der Waals surface area (Å²) in [5.74, 6) is 0.868. The Hall–Kier alpha value is 0.670. The van der Waals surface area contributed by atoms with Gasteiger partial charge in [0, 0.05) is 17.3 Å². The number of methoxy groups -OCH3 is 1. The van der Waals surface area contributed by atoms with Gasteiger partial charge in [-0.3, -0.25) is 4.79 Å². The van der Waals surface area contributed by atoms with E-state index >= 15 is 0 Å². The maximum absolute atomic E-state index is 11.0. The van der Waals surface area contributed by atoms with Crippen LogP contribution in [0.2, 0.25) is 0 Å². The quantitative estimate of drug-likeness (QED) is 0.404. The second kappa shape index (κ2) is 9.76. The number of carbonyl (C=O) groups is 1. The normalized spacial score (nSPS) is 10.2. The predicted molar refractivity (Wildman–Crippen MR) is 59.0 cm³/mol. The van der Waals surface area contributed by atoms with Crippen LogP contribution in [-0.2, 0) is 14.3 Å². The zero-order valence-electron chi connectivity index (χ0n) is 7.05. The fourth-order valence-electron chi connectivity index (χ4n) is 0.492. The number of alkyl halides is 1. The molecule has 0 atom stereocenters. The molecule has 0 heterocycles. The molecular weight excluding hydrogens is 291 g/mol. The molecule has 0 amide bonds. The molecule has 5 heteroatoms. The van der Waals surface area contributed by atoms with Crippen LogP contribution in [0.25, 0.3) is 0 Å². The SMILES string of the molecule is COCCOCC(=O)SCCI. The van der Waals surface area contributed by atoms with Gasteiger partial charge in [-0.2, -0.15) is 0 Å². The molecule has 0 spiro atoms. The monoisotopic (exact) mass is 304 g/mol. The van der Waals surface area contributed by atoms with Gasteiger partial charge in [-0.25, -0.2) is 0 Å². The van der Waals surface area contributed by atoms with Gasteiger partial charge in [-0.05, 0) is 0 Å². The Labute approximate surface area is 90.7 Å². The topological polar surface area (TPSA) is 35.5 Å². The first kappa shape index (κ1) is 12.7. The fourth-order valence-corrected chi connectivity index (χ4v) is 1.62. The molecule has 72 valence electrons. The average Bonchev–Trinajstić information content (AvgIpc) is 2.09. The first-order chi connectivity index (χ1) is 5.81. The second-order valence-electron chi connectivity index (χ2n) is 1.95. The fraction of sp³-hybridized carbons (Fsp3) is 0.857. The third-order valence-electron chi connectivity index (χ3n) is 0.992. The number of halogens is 1. The van der Waals surface area contributed by atoms with E-state index in [9.17, 15) is 4.79 Å². The van der Waals surface area contributed by atoms with Gasteiger partial charge in [0.2, 0.25) is 5.12 Å². The summed E-state index contributed by atoms with van der Waals surface area (Å²) in [6.07, 6.45) is 0. The standard InChI is InChI=1S/C7H13IO3S/c1-10-3-4-11-6-7(9)12-5-2-8/h2-6H2,1H3. The predicted octanol–water partition coefficient (Wildman–Crippen LogP) is 1.34. The van der Waals surface area contributed by atoms with Crippen LogP contribution in [0.15, 0.2) is 0 Å². The Bertz CT molecular complexity index is 121. The average molecular weight is 304 g/mol. The summed E-state index contributed by atoms with van der Waals surface area (Å²) in [4.78, 5) is 11.0. The molecule has 3 nitrogen and oxygen atoms in total. The third kappa shape index (κ3) is 8.76. The zero-order chi connectivity index (χ0) is 9.23. The van der Waals surface area contributed by atoms with Crippen molar-refractivity contribution in [1.29, 1.82) is 0 Å². The molecule has 0 aliphatic heterocycles. The lowest BCUT2D eigenvalue weighted by Gasteiger charge is -2.01. The van der Waals surface area contributed by atoms with Crippen molar-refractivity contribution in [2.75, 3.05) is 37.1 Å². The van der Waals surface area contributed by atoms with Crippen LogP contribution in [0.5, 0.6) is 0 Å². The van der Waals surface area contributed by atoms with Gasteiger partial charge in [0.25, 0.3) is 0 Å². The molecule has 0 aliphatic carbocycles. The summed E-state index contributed by atoms with van der Waals surface area (Å²) in [6, 6.07) is 0. The first-order valence-electron chi connectivity index (χ1n) is 3.59. The highest BCUT2D eigenvalue weighted by Crippen LogP contribution is 2.03. The van der Waals surface area contributed by atoms with Crippen molar-refractivity contribution < 1.29 is 14.3 Å².